The first-order valence-corrected chi connectivity index (χ1v) is 7.84. The van der Waals surface area contributed by atoms with Gasteiger partial charge in [-0.15, -0.1) is 0 Å². The number of benzene rings is 1. The van der Waals surface area contributed by atoms with Crippen molar-refractivity contribution < 1.29 is 23.7 Å². The molecule has 0 radical (unpaired) electrons. The lowest BCUT2D eigenvalue weighted by Crippen LogP contribution is -2.25. The van der Waals surface area contributed by atoms with E-state index in [2.05, 4.69) is 10.4 Å². The SMILES string of the molecule is COCCCNC(=O)c1ccn(COc2c(OC)cccc2OC)n1. The number of para-hydroxylation sites is 1. The molecule has 0 saturated carbocycles. The average Bonchev–Trinajstić information content (AvgIpc) is 3.12. The molecule has 0 fully saturated rings. The fourth-order valence-electron chi connectivity index (χ4n) is 2.15. The fraction of sp³-hybridized carbons (Fsp3) is 0.412. The van der Waals surface area contributed by atoms with Crippen LogP contribution in [0.4, 0.5) is 0 Å². The monoisotopic (exact) mass is 349 g/mol. The molecular weight excluding hydrogens is 326 g/mol. The van der Waals surface area contributed by atoms with Crippen molar-refractivity contribution in [1.29, 1.82) is 0 Å². The summed E-state index contributed by atoms with van der Waals surface area (Å²) >= 11 is 0. The highest BCUT2D eigenvalue weighted by Crippen LogP contribution is 2.36. The highest BCUT2D eigenvalue weighted by atomic mass is 16.5. The first-order valence-electron chi connectivity index (χ1n) is 7.84. The number of carbonyl (C=O) groups excluding carboxylic acids is 1. The minimum absolute atomic E-state index is 0.119. The Morgan fingerprint density at radius 1 is 1.16 bits per heavy atom. The van der Waals surface area contributed by atoms with Crippen LogP contribution in [0.3, 0.4) is 0 Å². The number of ether oxygens (including phenoxy) is 4. The lowest BCUT2D eigenvalue weighted by molar-refractivity contribution is 0.0941. The molecule has 1 aromatic heterocycles. The molecule has 0 unspecified atom stereocenters. The minimum atomic E-state index is -0.232. The van der Waals surface area contributed by atoms with Crippen molar-refractivity contribution in [2.24, 2.45) is 0 Å². The molecule has 0 saturated heterocycles. The van der Waals surface area contributed by atoms with E-state index in [9.17, 15) is 4.79 Å². The van der Waals surface area contributed by atoms with E-state index < -0.39 is 0 Å². The third-order valence-corrected chi connectivity index (χ3v) is 3.41. The third kappa shape index (κ3) is 5.12. The zero-order valence-electron chi connectivity index (χ0n) is 14.7. The number of aromatic nitrogens is 2. The Bertz CT molecular complexity index is 664. The van der Waals surface area contributed by atoms with Crippen LogP contribution in [-0.2, 0) is 11.5 Å². The topological polar surface area (TPSA) is 83.8 Å². The number of carbonyl (C=O) groups is 1. The van der Waals surface area contributed by atoms with Crippen LogP contribution in [0, 0.1) is 0 Å². The standard InChI is InChI=1S/C17H23N3O5/c1-22-11-5-9-18-17(21)13-8-10-20(19-13)12-25-16-14(23-2)6-4-7-15(16)24-3/h4,6-8,10H,5,9,11-12H2,1-3H3,(H,18,21). The average molecular weight is 349 g/mol. The lowest BCUT2D eigenvalue weighted by Gasteiger charge is -2.13. The number of hydrogen-bond acceptors (Lipinski definition) is 6. The molecule has 136 valence electrons. The molecule has 8 heteroatoms. The predicted octanol–water partition coefficient (Wildman–Crippen LogP) is 1.70. The molecule has 0 atom stereocenters. The molecule has 2 rings (SSSR count). The van der Waals surface area contributed by atoms with E-state index in [4.69, 9.17) is 18.9 Å². The lowest BCUT2D eigenvalue weighted by atomic mass is 10.3. The number of hydrogen-bond donors (Lipinski definition) is 1. The maximum Gasteiger partial charge on any atom is 0.271 e. The van der Waals surface area contributed by atoms with E-state index in [1.54, 1.807) is 45.7 Å². The Kier molecular flexibility index (Phi) is 7.09. The predicted molar refractivity (Wildman–Crippen MR) is 91.2 cm³/mol. The first-order chi connectivity index (χ1) is 12.2. The summed E-state index contributed by atoms with van der Waals surface area (Å²) in [7, 11) is 4.74. The fourth-order valence-corrected chi connectivity index (χ4v) is 2.15. The second-order valence-corrected chi connectivity index (χ2v) is 5.11. The third-order valence-electron chi connectivity index (χ3n) is 3.41. The largest absolute Gasteiger partial charge is 0.493 e. The van der Waals surface area contributed by atoms with Gasteiger partial charge in [-0.3, -0.25) is 4.79 Å². The molecule has 25 heavy (non-hydrogen) atoms. The van der Waals surface area contributed by atoms with Crippen molar-refractivity contribution in [3.05, 3.63) is 36.2 Å². The summed E-state index contributed by atoms with van der Waals surface area (Å²) in [4.78, 5) is 12.0. The molecule has 0 aliphatic carbocycles. The summed E-state index contributed by atoms with van der Waals surface area (Å²) in [6.07, 6.45) is 2.42. The van der Waals surface area contributed by atoms with Gasteiger partial charge in [0.2, 0.25) is 5.75 Å². The van der Waals surface area contributed by atoms with Gasteiger partial charge in [0, 0.05) is 26.5 Å². The number of nitrogens with zero attached hydrogens (tertiary/aromatic N) is 2. The second-order valence-electron chi connectivity index (χ2n) is 5.11. The summed E-state index contributed by atoms with van der Waals surface area (Å²) < 4.78 is 22.8. The van der Waals surface area contributed by atoms with Crippen LogP contribution in [0.1, 0.15) is 16.9 Å². The van der Waals surface area contributed by atoms with Crippen molar-refractivity contribution in [1.82, 2.24) is 15.1 Å². The molecule has 1 N–H and O–H groups in total. The minimum Gasteiger partial charge on any atom is -0.493 e. The normalized spacial score (nSPS) is 10.4. The van der Waals surface area contributed by atoms with Crippen LogP contribution < -0.4 is 19.5 Å². The maximum absolute atomic E-state index is 12.0. The van der Waals surface area contributed by atoms with Gasteiger partial charge in [-0.25, -0.2) is 4.68 Å². The Morgan fingerprint density at radius 2 is 1.88 bits per heavy atom. The molecule has 1 heterocycles. The molecular formula is C17H23N3O5. The highest BCUT2D eigenvalue weighted by Gasteiger charge is 2.13. The Morgan fingerprint density at radius 3 is 2.52 bits per heavy atom. The van der Waals surface area contributed by atoms with Gasteiger partial charge in [0.25, 0.3) is 5.91 Å². The molecule has 0 aliphatic rings. The first kappa shape index (κ1) is 18.6. The number of rotatable bonds is 10. The molecule has 0 spiro atoms. The van der Waals surface area contributed by atoms with Gasteiger partial charge in [-0.05, 0) is 24.6 Å². The zero-order chi connectivity index (χ0) is 18.1. The van der Waals surface area contributed by atoms with E-state index >= 15 is 0 Å². The summed E-state index contributed by atoms with van der Waals surface area (Å²) in [5.41, 5.74) is 0.327. The van der Waals surface area contributed by atoms with Crippen molar-refractivity contribution in [3.8, 4) is 17.2 Å². The molecule has 1 aromatic carbocycles. The highest BCUT2D eigenvalue weighted by molar-refractivity contribution is 5.92. The number of methoxy groups -OCH3 is 3. The van der Waals surface area contributed by atoms with Gasteiger partial charge in [-0.1, -0.05) is 6.07 Å². The van der Waals surface area contributed by atoms with E-state index in [1.165, 1.54) is 4.68 Å². The van der Waals surface area contributed by atoms with Crippen LogP contribution in [-0.4, -0.2) is 50.2 Å². The van der Waals surface area contributed by atoms with Crippen molar-refractivity contribution in [2.75, 3.05) is 34.5 Å². The summed E-state index contributed by atoms with van der Waals surface area (Å²) in [5, 5.41) is 6.98. The number of amides is 1. The Labute approximate surface area is 146 Å². The molecule has 8 nitrogen and oxygen atoms in total. The van der Waals surface area contributed by atoms with E-state index in [1.807, 2.05) is 6.07 Å². The molecule has 0 aliphatic heterocycles. The molecule has 2 aromatic rings. The summed E-state index contributed by atoms with van der Waals surface area (Å²) in [5.74, 6) is 1.36. The van der Waals surface area contributed by atoms with E-state index in [0.29, 0.717) is 36.1 Å². The van der Waals surface area contributed by atoms with Crippen LogP contribution in [0.2, 0.25) is 0 Å². The smallest absolute Gasteiger partial charge is 0.271 e. The zero-order valence-corrected chi connectivity index (χ0v) is 14.7. The maximum atomic E-state index is 12.0. The Hall–Kier alpha value is -2.74. The van der Waals surface area contributed by atoms with Gasteiger partial charge in [0.15, 0.2) is 18.2 Å². The molecule has 0 bridgehead atoms. The van der Waals surface area contributed by atoms with Crippen LogP contribution in [0.25, 0.3) is 0 Å². The van der Waals surface area contributed by atoms with Gasteiger partial charge < -0.3 is 24.3 Å². The Balaban J connectivity index is 1.95. The van der Waals surface area contributed by atoms with Crippen molar-refractivity contribution in [3.63, 3.8) is 0 Å². The van der Waals surface area contributed by atoms with E-state index in [-0.39, 0.29) is 12.6 Å². The van der Waals surface area contributed by atoms with Crippen molar-refractivity contribution in [2.45, 2.75) is 13.2 Å². The van der Waals surface area contributed by atoms with Crippen LogP contribution >= 0.6 is 0 Å². The quantitative estimate of drug-likeness (QED) is 0.658. The summed E-state index contributed by atoms with van der Waals surface area (Å²) in [6, 6.07) is 7.00. The van der Waals surface area contributed by atoms with Crippen molar-refractivity contribution >= 4 is 5.91 Å². The van der Waals surface area contributed by atoms with Crippen LogP contribution in [0.5, 0.6) is 17.2 Å². The van der Waals surface area contributed by atoms with E-state index in [0.717, 1.165) is 6.42 Å². The van der Waals surface area contributed by atoms with Crippen LogP contribution in [0.15, 0.2) is 30.5 Å². The number of nitrogens with one attached hydrogen (secondary N) is 1. The van der Waals surface area contributed by atoms with Gasteiger partial charge in [-0.2, -0.15) is 5.10 Å². The molecule has 1 amide bonds. The summed E-state index contributed by atoms with van der Waals surface area (Å²) in [6.45, 7) is 1.26. The second kappa shape index (κ2) is 9.53. The van der Waals surface area contributed by atoms with Gasteiger partial charge >= 0.3 is 0 Å². The van der Waals surface area contributed by atoms with Gasteiger partial charge in [0.05, 0.1) is 14.2 Å². The van der Waals surface area contributed by atoms with Gasteiger partial charge in [0.1, 0.15) is 5.69 Å².